The second-order valence-corrected chi connectivity index (χ2v) is 29.7. The van der Waals surface area contributed by atoms with Crippen LogP contribution in [0.3, 0.4) is 0 Å². The van der Waals surface area contributed by atoms with Gasteiger partial charge >= 0.3 is 0 Å². The Morgan fingerprint density at radius 3 is 0.819 bits per heavy atom. The second kappa shape index (κ2) is 20.5. The molecule has 3 nitrogen and oxygen atoms in total. The van der Waals surface area contributed by atoms with Gasteiger partial charge in [0, 0.05) is 44.6 Å². The van der Waals surface area contributed by atoms with Crippen LogP contribution in [0.2, 0.25) is 0 Å². The number of furan rings is 1. The van der Waals surface area contributed by atoms with Crippen molar-refractivity contribution >= 4 is 77.6 Å². The van der Waals surface area contributed by atoms with Gasteiger partial charge < -0.3 is 14.2 Å². The van der Waals surface area contributed by atoms with Gasteiger partial charge in [-0.15, -0.1) is 0 Å². The van der Waals surface area contributed by atoms with E-state index in [0.717, 1.165) is 77.6 Å². The van der Waals surface area contributed by atoms with Crippen molar-refractivity contribution in [1.82, 2.24) is 0 Å². The second-order valence-electron chi connectivity index (χ2n) is 29.7. The van der Waals surface area contributed by atoms with E-state index in [-0.39, 0.29) is 32.5 Å². The van der Waals surface area contributed by atoms with Gasteiger partial charge in [-0.05, 0) is 196 Å². The van der Waals surface area contributed by atoms with Gasteiger partial charge in [-0.3, -0.25) is 0 Å². The molecule has 0 amide bonds. The molecule has 0 fully saturated rings. The van der Waals surface area contributed by atoms with Crippen LogP contribution >= 0.6 is 0 Å². The summed E-state index contributed by atoms with van der Waals surface area (Å²) in [6.07, 6.45) is 0. The molecule has 11 rings (SSSR count). The van der Waals surface area contributed by atoms with E-state index in [0.29, 0.717) is 0 Å². The Morgan fingerprint density at radius 1 is 0.241 bits per heavy atom. The maximum atomic E-state index is 6.98. The zero-order valence-corrected chi connectivity index (χ0v) is 52.8. The first kappa shape index (κ1) is 57.0. The molecule has 83 heavy (non-hydrogen) atoms. The van der Waals surface area contributed by atoms with Gasteiger partial charge in [0.05, 0.1) is 11.4 Å². The minimum atomic E-state index is -0.0329. The van der Waals surface area contributed by atoms with Gasteiger partial charge in [0.1, 0.15) is 11.2 Å². The standard InChI is InChI=1S/C80H86N2O/c1-75(2,3)57-25-19-51(20-26-57)67-49-61(79(13,14)15)33-41-71(67)81(63-37-29-59(30-38-63)77(7,8)9)65-35-23-53-45-69-70-46-54-24-36-66(44-56(54)48-74(70)83-73(69)47-55(53)43-65)82(64-39-31-60(32-40-64)78(10,11)12)72-42-34-62(80(16,17)18)50-68(72)52-21-27-58(28-22-52)76(4,5)6/h19-50H,1-18H3. The first-order chi connectivity index (χ1) is 38.9. The highest BCUT2D eigenvalue weighted by atomic mass is 16.3. The molecule has 1 aromatic heterocycles. The highest BCUT2D eigenvalue weighted by Crippen LogP contribution is 2.48. The van der Waals surface area contributed by atoms with Crippen molar-refractivity contribution in [3.63, 3.8) is 0 Å². The topological polar surface area (TPSA) is 19.6 Å². The highest BCUT2D eigenvalue weighted by Gasteiger charge is 2.27. The number of anilines is 6. The van der Waals surface area contributed by atoms with Crippen LogP contribution in [-0.4, -0.2) is 0 Å². The van der Waals surface area contributed by atoms with Crippen molar-refractivity contribution in [3.05, 3.63) is 228 Å². The number of rotatable bonds is 8. The normalized spacial score (nSPS) is 12.9. The molecule has 3 heteroatoms. The van der Waals surface area contributed by atoms with Gasteiger partial charge in [0.25, 0.3) is 0 Å². The van der Waals surface area contributed by atoms with Crippen LogP contribution in [0.15, 0.2) is 199 Å². The molecule has 0 radical (unpaired) electrons. The van der Waals surface area contributed by atoms with E-state index in [1.807, 2.05) is 0 Å². The third-order valence-corrected chi connectivity index (χ3v) is 17.2. The SMILES string of the molecule is CC(C)(C)c1ccc(-c2cc(C(C)(C)C)ccc2N(c2ccc(C(C)(C)C)cc2)c2ccc3cc4c(cc3c2)oc2cc3cc(N(c5ccc(C(C)(C)C)cc5)c5ccc(C(C)(C)C)cc5-c5ccc(C(C)(C)C)cc5)ccc3cc24)cc1. The van der Waals surface area contributed by atoms with E-state index >= 15 is 0 Å². The lowest BCUT2D eigenvalue weighted by Crippen LogP contribution is -2.15. The summed E-state index contributed by atoms with van der Waals surface area (Å²) in [5, 5.41) is 6.79. The van der Waals surface area contributed by atoms with E-state index in [2.05, 4.69) is 329 Å². The number of nitrogens with zero attached hydrogens (tertiary/aromatic N) is 2. The van der Waals surface area contributed by atoms with Gasteiger partial charge in [0.2, 0.25) is 0 Å². The van der Waals surface area contributed by atoms with Gasteiger partial charge in [-0.2, -0.15) is 0 Å². The molecule has 0 bridgehead atoms. The Morgan fingerprint density at radius 2 is 0.518 bits per heavy atom. The molecule has 11 aromatic rings. The molecule has 422 valence electrons. The third kappa shape index (κ3) is 11.4. The Hall–Kier alpha value is -7.88. The Balaban J connectivity index is 1.05. The molecular weight excluding hydrogens is 1000 g/mol. The molecule has 0 atom stereocenters. The molecule has 0 aliphatic carbocycles. The molecule has 0 N–H and O–H groups in total. The summed E-state index contributed by atoms with van der Waals surface area (Å²) in [4.78, 5) is 4.90. The van der Waals surface area contributed by atoms with Crippen LogP contribution in [0.4, 0.5) is 34.1 Å². The van der Waals surface area contributed by atoms with Crippen LogP contribution in [0.25, 0.3) is 65.7 Å². The first-order valence-electron chi connectivity index (χ1n) is 30.0. The quantitative estimate of drug-likeness (QED) is 0.151. The summed E-state index contributed by atoms with van der Waals surface area (Å²) in [5.74, 6) is 0. The first-order valence-corrected chi connectivity index (χ1v) is 30.0. The Labute approximate surface area is 496 Å². The third-order valence-electron chi connectivity index (χ3n) is 17.2. The number of fused-ring (bicyclic) bond motifs is 5. The summed E-state index contributed by atoms with van der Waals surface area (Å²) >= 11 is 0. The summed E-state index contributed by atoms with van der Waals surface area (Å²) in [7, 11) is 0. The van der Waals surface area contributed by atoms with E-state index in [1.54, 1.807) is 0 Å². The Kier molecular flexibility index (Phi) is 14.1. The predicted molar refractivity (Wildman–Crippen MR) is 361 cm³/mol. The largest absolute Gasteiger partial charge is 0.456 e. The number of benzene rings is 10. The van der Waals surface area contributed by atoms with Crippen molar-refractivity contribution in [2.45, 2.75) is 157 Å². The lowest BCUT2D eigenvalue weighted by Gasteiger charge is -2.31. The average molecular weight is 1090 g/mol. The fourth-order valence-electron chi connectivity index (χ4n) is 11.7. The van der Waals surface area contributed by atoms with Gasteiger partial charge in [-0.1, -0.05) is 222 Å². The van der Waals surface area contributed by atoms with Crippen LogP contribution in [-0.2, 0) is 32.5 Å². The fraction of sp³-hybridized carbons (Fsp3) is 0.300. The van der Waals surface area contributed by atoms with Crippen LogP contribution < -0.4 is 9.80 Å². The molecule has 0 saturated carbocycles. The smallest absolute Gasteiger partial charge is 0.136 e. The average Bonchev–Trinajstić information content (AvgIpc) is 2.27. The van der Waals surface area contributed by atoms with Crippen molar-refractivity contribution < 1.29 is 4.42 Å². The van der Waals surface area contributed by atoms with E-state index < -0.39 is 0 Å². The summed E-state index contributed by atoms with van der Waals surface area (Å²) in [6, 6.07) is 74.0. The van der Waals surface area contributed by atoms with Crippen molar-refractivity contribution in [3.8, 4) is 22.3 Å². The summed E-state index contributed by atoms with van der Waals surface area (Å²) in [6.45, 7) is 41.2. The van der Waals surface area contributed by atoms with Gasteiger partial charge in [-0.25, -0.2) is 0 Å². The summed E-state index contributed by atoms with van der Waals surface area (Å²) in [5.41, 5.74) is 21.1. The zero-order chi connectivity index (χ0) is 59.3. The van der Waals surface area contributed by atoms with Crippen LogP contribution in [0, 0.1) is 0 Å². The van der Waals surface area contributed by atoms with Crippen molar-refractivity contribution in [1.29, 1.82) is 0 Å². The minimum Gasteiger partial charge on any atom is -0.456 e. The Bertz CT molecular complexity index is 3930. The lowest BCUT2D eigenvalue weighted by molar-refractivity contribution is 0.589. The van der Waals surface area contributed by atoms with Crippen molar-refractivity contribution in [2.24, 2.45) is 0 Å². The van der Waals surface area contributed by atoms with Crippen LogP contribution in [0.5, 0.6) is 0 Å². The van der Waals surface area contributed by atoms with E-state index in [9.17, 15) is 0 Å². The van der Waals surface area contributed by atoms with Gasteiger partial charge in [0.15, 0.2) is 0 Å². The maximum absolute atomic E-state index is 6.98. The molecule has 0 spiro atoms. The zero-order valence-electron chi connectivity index (χ0n) is 52.8. The minimum absolute atomic E-state index is 0.0225. The lowest BCUT2D eigenvalue weighted by atomic mass is 9.83. The predicted octanol–water partition coefficient (Wildman–Crippen LogP) is 24.0. The highest BCUT2D eigenvalue weighted by molar-refractivity contribution is 6.14. The summed E-state index contributed by atoms with van der Waals surface area (Å²) < 4.78 is 6.98. The molecule has 10 aromatic carbocycles. The van der Waals surface area contributed by atoms with Crippen molar-refractivity contribution in [2.75, 3.05) is 9.80 Å². The number of hydrogen-bond acceptors (Lipinski definition) is 3. The molecule has 0 aliphatic heterocycles. The molecule has 0 saturated heterocycles. The molecule has 1 heterocycles. The van der Waals surface area contributed by atoms with Crippen LogP contribution in [0.1, 0.15) is 158 Å². The fourth-order valence-corrected chi connectivity index (χ4v) is 11.7. The molecule has 0 aliphatic rings. The molecule has 0 unspecified atom stereocenters. The molecular formula is C80H86N2O. The maximum Gasteiger partial charge on any atom is 0.136 e. The monoisotopic (exact) mass is 1090 g/mol. The number of hydrogen-bond donors (Lipinski definition) is 0. The van der Waals surface area contributed by atoms with E-state index in [1.165, 1.54) is 55.6 Å². The van der Waals surface area contributed by atoms with E-state index in [4.69, 9.17) is 4.42 Å².